The Hall–Kier alpha value is -5.29. The van der Waals surface area contributed by atoms with E-state index in [1.165, 1.54) is 36.6 Å². The fraction of sp³-hybridized carbons (Fsp3) is 0.194. The molecule has 42 heavy (non-hydrogen) atoms. The summed E-state index contributed by atoms with van der Waals surface area (Å²) in [6.07, 6.45) is 4.97. The fourth-order valence-corrected chi connectivity index (χ4v) is 5.38. The van der Waals surface area contributed by atoms with Gasteiger partial charge in [0.15, 0.2) is 0 Å². The van der Waals surface area contributed by atoms with Crippen molar-refractivity contribution in [3.63, 3.8) is 0 Å². The van der Waals surface area contributed by atoms with Crippen molar-refractivity contribution in [2.45, 2.75) is 19.3 Å². The van der Waals surface area contributed by atoms with Gasteiger partial charge in [-0.3, -0.25) is 25.0 Å². The highest BCUT2D eigenvalue weighted by Gasteiger charge is 2.30. The number of rotatable bonds is 8. The van der Waals surface area contributed by atoms with Crippen LogP contribution in [-0.2, 0) is 16.0 Å². The number of carbonyl (C=O) groups is 3. The Morgan fingerprint density at radius 2 is 1.64 bits per heavy atom. The van der Waals surface area contributed by atoms with Gasteiger partial charge in [0.05, 0.1) is 16.2 Å². The summed E-state index contributed by atoms with van der Waals surface area (Å²) in [5.74, 6) is -0.867. The van der Waals surface area contributed by atoms with Gasteiger partial charge in [-0.2, -0.15) is 0 Å². The molecule has 4 amide bonds. The zero-order valence-electron chi connectivity index (χ0n) is 22.6. The molecule has 0 saturated carbocycles. The van der Waals surface area contributed by atoms with Gasteiger partial charge in [-0.15, -0.1) is 0 Å². The van der Waals surface area contributed by atoms with Crippen molar-refractivity contribution in [3.05, 3.63) is 105 Å². The van der Waals surface area contributed by atoms with Gasteiger partial charge in [0.2, 0.25) is 0 Å². The highest BCUT2D eigenvalue weighted by molar-refractivity contribution is 6.37. The molecule has 3 aliphatic heterocycles. The summed E-state index contributed by atoms with van der Waals surface area (Å²) in [7, 11) is 0. The van der Waals surface area contributed by atoms with E-state index in [0.717, 1.165) is 31.6 Å². The maximum Gasteiger partial charge on any atom is 0.326 e. The van der Waals surface area contributed by atoms with Crippen LogP contribution >= 0.6 is 0 Å². The number of carbonyl (C=O) groups excluding carboxylic acids is 3. The standard InChI is InChI=1S/C31H28N6O5/c38-29-26(34-31(40)35-29)17-20-5-9-22(10-6-20)32-28(21-7-3-19(4-8-21)13-16-36-14-1-2-15-36)27-24-18-23(37(41)42)11-12-25(24)33-30(27)39/h3-12,17-18,32H,1-2,13-16H2,(H,33,39)(H2,34,35,38,40)/b26-17-,28-27?. The number of non-ortho nitro benzene ring substituents is 1. The van der Waals surface area contributed by atoms with Gasteiger partial charge in [0.1, 0.15) is 5.70 Å². The largest absolute Gasteiger partial charge is 0.354 e. The fourth-order valence-electron chi connectivity index (χ4n) is 5.38. The molecule has 3 aromatic rings. The highest BCUT2D eigenvalue weighted by Crippen LogP contribution is 2.39. The number of benzene rings is 3. The smallest absolute Gasteiger partial charge is 0.326 e. The molecular weight excluding hydrogens is 536 g/mol. The third-order valence-corrected chi connectivity index (χ3v) is 7.58. The Labute approximate surface area is 241 Å². The average molecular weight is 565 g/mol. The molecule has 0 atom stereocenters. The van der Waals surface area contributed by atoms with Gasteiger partial charge in [-0.25, -0.2) is 4.79 Å². The Morgan fingerprint density at radius 3 is 2.31 bits per heavy atom. The van der Waals surface area contributed by atoms with Crippen LogP contribution in [0.5, 0.6) is 0 Å². The maximum absolute atomic E-state index is 13.3. The van der Waals surface area contributed by atoms with Crippen LogP contribution in [0.4, 0.5) is 21.9 Å². The summed E-state index contributed by atoms with van der Waals surface area (Å²) >= 11 is 0. The van der Waals surface area contributed by atoms with E-state index < -0.39 is 16.9 Å². The van der Waals surface area contributed by atoms with Crippen molar-refractivity contribution < 1.29 is 19.3 Å². The number of fused-ring (bicyclic) bond motifs is 1. The first-order valence-corrected chi connectivity index (χ1v) is 13.7. The number of nitrogens with one attached hydrogen (secondary N) is 4. The second-order valence-electron chi connectivity index (χ2n) is 10.4. The minimum Gasteiger partial charge on any atom is -0.354 e. The topological polar surface area (TPSA) is 146 Å². The third kappa shape index (κ3) is 5.63. The lowest BCUT2D eigenvalue weighted by molar-refractivity contribution is -0.384. The third-order valence-electron chi connectivity index (χ3n) is 7.58. The zero-order chi connectivity index (χ0) is 29.2. The molecule has 4 N–H and O–H groups in total. The Kier molecular flexibility index (Phi) is 7.24. The number of anilines is 2. The number of nitro benzene ring substituents is 1. The number of nitro groups is 1. The Bertz CT molecular complexity index is 1650. The molecule has 0 bridgehead atoms. The summed E-state index contributed by atoms with van der Waals surface area (Å²) < 4.78 is 0. The van der Waals surface area contributed by atoms with Gasteiger partial charge in [-0.05, 0) is 73.3 Å². The number of urea groups is 1. The van der Waals surface area contributed by atoms with E-state index >= 15 is 0 Å². The molecule has 0 unspecified atom stereocenters. The molecule has 0 radical (unpaired) electrons. The summed E-state index contributed by atoms with van der Waals surface area (Å²) in [5, 5.41) is 22.3. The number of imide groups is 1. The van der Waals surface area contributed by atoms with Gasteiger partial charge in [0.25, 0.3) is 17.5 Å². The minimum atomic E-state index is -0.571. The molecule has 2 saturated heterocycles. The van der Waals surface area contributed by atoms with Crippen LogP contribution in [0.15, 0.2) is 72.4 Å². The van der Waals surface area contributed by atoms with Crippen molar-refractivity contribution in [3.8, 4) is 0 Å². The van der Waals surface area contributed by atoms with E-state index in [2.05, 4.69) is 26.2 Å². The lowest BCUT2D eigenvalue weighted by Gasteiger charge is -2.17. The summed E-state index contributed by atoms with van der Waals surface area (Å²) in [6, 6.07) is 18.9. The minimum absolute atomic E-state index is 0.111. The Morgan fingerprint density at radius 1 is 0.905 bits per heavy atom. The number of hydrogen-bond acceptors (Lipinski definition) is 7. The van der Waals surface area contributed by atoms with Gasteiger partial charge < -0.3 is 20.9 Å². The number of likely N-dealkylation sites (tertiary alicyclic amines) is 1. The van der Waals surface area contributed by atoms with Crippen LogP contribution in [0.2, 0.25) is 0 Å². The average Bonchev–Trinajstić information content (AvgIpc) is 3.70. The molecule has 3 heterocycles. The first kappa shape index (κ1) is 26.9. The van der Waals surface area contributed by atoms with E-state index in [-0.39, 0.29) is 17.3 Å². The lowest BCUT2D eigenvalue weighted by atomic mass is 9.98. The number of hydrogen-bond donors (Lipinski definition) is 4. The predicted octanol–water partition coefficient (Wildman–Crippen LogP) is 4.35. The van der Waals surface area contributed by atoms with Crippen molar-refractivity contribution in [1.82, 2.24) is 15.5 Å². The van der Waals surface area contributed by atoms with Crippen LogP contribution in [-0.4, -0.2) is 47.3 Å². The molecule has 2 fully saturated rings. The molecule has 0 aromatic heterocycles. The van der Waals surface area contributed by atoms with E-state index in [0.29, 0.717) is 33.8 Å². The van der Waals surface area contributed by atoms with Crippen molar-refractivity contribution in [2.75, 3.05) is 30.3 Å². The summed E-state index contributed by atoms with van der Waals surface area (Å²) in [4.78, 5) is 50.1. The number of nitrogens with zero attached hydrogens (tertiary/aromatic N) is 2. The summed E-state index contributed by atoms with van der Waals surface area (Å²) in [6.45, 7) is 3.27. The maximum atomic E-state index is 13.3. The molecular formula is C31H28N6O5. The van der Waals surface area contributed by atoms with Gasteiger partial charge in [0, 0.05) is 35.6 Å². The first-order chi connectivity index (χ1) is 20.3. The van der Waals surface area contributed by atoms with Crippen molar-refractivity contribution in [1.29, 1.82) is 0 Å². The van der Waals surface area contributed by atoms with E-state index in [1.807, 2.05) is 24.3 Å². The second-order valence-corrected chi connectivity index (χ2v) is 10.4. The lowest BCUT2D eigenvalue weighted by Crippen LogP contribution is -2.22. The quantitative estimate of drug-likeness (QED) is 0.138. The molecule has 3 aliphatic rings. The predicted molar refractivity (Wildman–Crippen MR) is 159 cm³/mol. The van der Waals surface area contributed by atoms with E-state index in [1.54, 1.807) is 30.3 Å². The molecule has 0 spiro atoms. The molecule has 11 nitrogen and oxygen atoms in total. The van der Waals surface area contributed by atoms with Crippen LogP contribution in [0, 0.1) is 10.1 Å². The van der Waals surface area contributed by atoms with Gasteiger partial charge >= 0.3 is 6.03 Å². The Balaban J connectivity index is 1.34. The summed E-state index contributed by atoms with van der Waals surface area (Å²) in [5.41, 5.74) is 5.06. The molecule has 3 aromatic carbocycles. The first-order valence-electron chi connectivity index (χ1n) is 13.7. The van der Waals surface area contributed by atoms with Crippen LogP contribution < -0.4 is 21.3 Å². The molecule has 6 rings (SSSR count). The van der Waals surface area contributed by atoms with Crippen LogP contribution in [0.3, 0.4) is 0 Å². The molecule has 0 aliphatic carbocycles. The zero-order valence-corrected chi connectivity index (χ0v) is 22.6. The van der Waals surface area contributed by atoms with E-state index in [4.69, 9.17) is 0 Å². The normalized spacial score (nSPS) is 18.5. The molecule has 212 valence electrons. The van der Waals surface area contributed by atoms with Gasteiger partial charge in [-0.1, -0.05) is 36.4 Å². The molecule has 11 heteroatoms. The van der Waals surface area contributed by atoms with Crippen LogP contribution in [0.25, 0.3) is 17.3 Å². The van der Waals surface area contributed by atoms with Crippen molar-refractivity contribution in [2.24, 2.45) is 0 Å². The second kappa shape index (κ2) is 11.3. The van der Waals surface area contributed by atoms with Crippen LogP contribution in [0.1, 0.15) is 35.1 Å². The SMILES string of the molecule is O=C1NC(=O)/C(=C/c2ccc(NC(=C3C(=O)Nc4ccc([N+](=O)[O-])cc43)c3ccc(CCN4CCCC4)cc3)cc2)N1. The monoisotopic (exact) mass is 564 g/mol. The van der Waals surface area contributed by atoms with E-state index in [9.17, 15) is 24.5 Å². The number of amides is 4. The van der Waals surface area contributed by atoms with Crippen molar-refractivity contribution >= 4 is 52.3 Å². The highest BCUT2D eigenvalue weighted by atomic mass is 16.6.